The Labute approximate surface area is 154 Å². The first kappa shape index (κ1) is 19.6. The number of amides is 2. The lowest BCUT2D eigenvalue weighted by Gasteiger charge is -2.26. The van der Waals surface area contributed by atoms with Crippen molar-refractivity contribution in [2.75, 3.05) is 18.6 Å². The number of carbonyl (C=O) groups is 2. The predicted octanol–water partition coefficient (Wildman–Crippen LogP) is 2.75. The van der Waals surface area contributed by atoms with Crippen molar-refractivity contribution in [2.24, 2.45) is 0 Å². The second-order valence-corrected chi connectivity index (χ2v) is 7.33. The van der Waals surface area contributed by atoms with Gasteiger partial charge in [0, 0.05) is 6.04 Å². The largest absolute Gasteiger partial charge is 0.484 e. The highest BCUT2D eigenvalue weighted by molar-refractivity contribution is 7.98. The Bertz CT molecular complexity index is 533. The summed E-state index contributed by atoms with van der Waals surface area (Å²) in [7, 11) is 0. The molecule has 0 radical (unpaired) electrons. The van der Waals surface area contributed by atoms with E-state index in [9.17, 15) is 9.59 Å². The fourth-order valence-corrected chi connectivity index (χ4v) is 3.43. The van der Waals surface area contributed by atoms with Crippen LogP contribution >= 0.6 is 11.8 Å². The molecule has 0 aliphatic heterocycles. The summed E-state index contributed by atoms with van der Waals surface area (Å²) in [6.07, 6.45) is 8.26. The zero-order valence-electron chi connectivity index (χ0n) is 14.8. The summed E-state index contributed by atoms with van der Waals surface area (Å²) in [5.74, 6) is 1.12. The Morgan fingerprint density at radius 2 is 1.92 bits per heavy atom. The Hall–Kier alpha value is -1.69. The van der Waals surface area contributed by atoms with Crippen molar-refractivity contribution in [2.45, 2.75) is 50.6 Å². The molecule has 0 bridgehead atoms. The van der Waals surface area contributed by atoms with Crippen LogP contribution in [0.1, 0.15) is 38.5 Å². The third-order valence-corrected chi connectivity index (χ3v) is 4.97. The third-order valence-electron chi connectivity index (χ3n) is 4.33. The van der Waals surface area contributed by atoms with E-state index < -0.39 is 6.04 Å². The first-order valence-corrected chi connectivity index (χ1v) is 10.3. The van der Waals surface area contributed by atoms with Crippen LogP contribution in [0.25, 0.3) is 0 Å². The SMILES string of the molecule is CSCCC(NC(=O)COc1ccccc1)C(=O)NC1CCCCC1. The molecular weight excluding hydrogens is 336 g/mol. The Morgan fingerprint density at radius 3 is 2.60 bits per heavy atom. The summed E-state index contributed by atoms with van der Waals surface area (Å²) in [5, 5.41) is 5.93. The first-order valence-electron chi connectivity index (χ1n) is 8.95. The van der Waals surface area contributed by atoms with Gasteiger partial charge in [0.15, 0.2) is 6.61 Å². The van der Waals surface area contributed by atoms with Gasteiger partial charge in [0.1, 0.15) is 11.8 Å². The molecule has 138 valence electrons. The topological polar surface area (TPSA) is 67.4 Å². The monoisotopic (exact) mass is 364 g/mol. The van der Waals surface area contributed by atoms with E-state index in [0.717, 1.165) is 31.4 Å². The van der Waals surface area contributed by atoms with Gasteiger partial charge in [-0.05, 0) is 43.4 Å². The first-order chi connectivity index (χ1) is 12.2. The van der Waals surface area contributed by atoms with E-state index in [-0.39, 0.29) is 24.5 Å². The molecule has 0 saturated heterocycles. The van der Waals surface area contributed by atoms with E-state index in [1.165, 1.54) is 6.42 Å². The number of rotatable bonds is 9. The maximum absolute atomic E-state index is 12.6. The van der Waals surface area contributed by atoms with Crippen LogP contribution in [0.2, 0.25) is 0 Å². The van der Waals surface area contributed by atoms with E-state index in [2.05, 4.69) is 10.6 Å². The molecule has 1 aliphatic rings. The molecule has 1 saturated carbocycles. The molecule has 1 aliphatic carbocycles. The third kappa shape index (κ3) is 7.38. The van der Waals surface area contributed by atoms with E-state index in [4.69, 9.17) is 4.74 Å². The number of para-hydroxylation sites is 1. The molecule has 2 amide bonds. The molecule has 2 rings (SSSR count). The normalized spacial score (nSPS) is 16.0. The summed E-state index contributed by atoms with van der Waals surface area (Å²) in [5.41, 5.74) is 0. The average Bonchev–Trinajstić information content (AvgIpc) is 2.65. The van der Waals surface area contributed by atoms with E-state index >= 15 is 0 Å². The molecule has 5 nitrogen and oxygen atoms in total. The van der Waals surface area contributed by atoms with Crippen molar-refractivity contribution < 1.29 is 14.3 Å². The van der Waals surface area contributed by atoms with E-state index in [0.29, 0.717) is 12.2 Å². The minimum absolute atomic E-state index is 0.0750. The maximum atomic E-state index is 12.6. The Balaban J connectivity index is 1.82. The minimum Gasteiger partial charge on any atom is -0.484 e. The van der Waals surface area contributed by atoms with Crippen LogP contribution in [0.5, 0.6) is 5.75 Å². The molecule has 1 unspecified atom stereocenters. The number of hydrogen-bond donors (Lipinski definition) is 2. The molecule has 0 spiro atoms. The van der Waals surface area contributed by atoms with E-state index in [1.54, 1.807) is 23.9 Å². The van der Waals surface area contributed by atoms with Gasteiger partial charge in [-0.2, -0.15) is 11.8 Å². The van der Waals surface area contributed by atoms with Gasteiger partial charge in [-0.1, -0.05) is 37.5 Å². The second kappa shape index (κ2) is 11.0. The molecule has 1 aromatic rings. The fraction of sp³-hybridized carbons (Fsp3) is 0.579. The number of hydrogen-bond acceptors (Lipinski definition) is 4. The van der Waals surface area contributed by atoms with Crippen LogP contribution in [-0.4, -0.2) is 42.5 Å². The summed E-state index contributed by atoms with van der Waals surface area (Å²) in [6.45, 7) is -0.0868. The second-order valence-electron chi connectivity index (χ2n) is 6.35. The predicted molar refractivity (Wildman–Crippen MR) is 102 cm³/mol. The van der Waals surface area contributed by atoms with E-state index in [1.807, 2.05) is 24.5 Å². The minimum atomic E-state index is -0.499. The molecule has 2 N–H and O–H groups in total. The van der Waals surface area contributed by atoms with Gasteiger partial charge < -0.3 is 15.4 Å². The van der Waals surface area contributed by atoms with Crippen molar-refractivity contribution in [3.05, 3.63) is 30.3 Å². The fourth-order valence-electron chi connectivity index (χ4n) is 2.95. The maximum Gasteiger partial charge on any atom is 0.258 e. The number of benzene rings is 1. The molecule has 0 heterocycles. The smallest absolute Gasteiger partial charge is 0.258 e. The van der Waals surface area contributed by atoms with Crippen molar-refractivity contribution in [3.8, 4) is 5.75 Å². The summed E-state index contributed by atoms with van der Waals surface area (Å²) in [6, 6.07) is 8.94. The number of thioether (sulfide) groups is 1. The molecular formula is C19H28N2O3S. The van der Waals surface area contributed by atoms with Crippen LogP contribution in [0.4, 0.5) is 0 Å². The molecule has 1 aromatic carbocycles. The molecule has 25 heavy (non-hydrogen) atoms. The summed E-state index contributed by atoms with van der Waals surface area (Å²) in [4.78, 5) is 24.7. The molecule has 1 atom stereocenters. The average molecular weight is 365 g/mol. The molecule has 6 heteroatoms. The van der Waals surface area contributed by atoms with Gasteiger partial charge in [0.25, 0.3) is 5.91 Å². The highest BCUT2D eigenvalue weighted by Crippen LogP contribution is 2.17. The summed E-state index contributed by atoms with van der Waals surface area (Å²) < 4.78 is 5.45. The van der Waals surface area contributed by atoms with Gasteiger partial charge >= 0.3 is 0 Å². The van der Waals surface area contributed by atoms with Crippen molar-refractivity contribution >= 4 is 23.6 Å². The summed E-state index contributed by atoms with van der Waals surface area (Å²) >= 11 is 1.67. The Kier molecular flexibility index (Phi) is 8.66. The molecule has 0 aromatic heterocycles. The lowest BCUT2D eigenvalue weighted by molar-refractivity contribution is -0.130. The van der Waals surface area contributed by atoms with Crippen molar-refractivity contribution in [1.29, 1.82) is 0 Å². The van der Waals surface area contributed by atoms with Gasteiger partial charge in [-0.15, -0.1) is 0 Å². The Morgan fingerprint density at radius 1 is 1.20 bits per heavy atom. The zero-order chi connectivity index (χ0) is 17.9. The highest BCUT2D eigenvalue weighted by Gasteiger charge is 2.24. The van der Waals surface area contributed by atoms with Crippen molar-refractivity contribution in [3.63, 3.8) is 0 Å². The van der Waals surface area contributed by atoms with Gasteiger partial charge in [-0.3, -0.25) is 9.59 Å². The highest BCUT2D eigenvalue weighted by atomic mass is 32.2. The number of ether oxygens (including phenoxy) is 1. The van der Waals surface area contributed by atoms with Crippen molar-refractivity contribution in [1.82, 2.24) is 10.6 Å². The number of carbonyl (C=O) groups excluding carboxylic acids is 2. The standard InChI is InChI=1S/C19H28N2O3S/c1-25-13-12-17(19(23)20-15-8-4-2-5-9-15)21-18(22)14-24-16-10-6-3-7-11-16/h3,6-7,10-11,15,17H,2,4-5,8-9,12-14H2,1H3,(H,20,23)(H,21,22). The molecule has 1 fully saturated rings. The van der Waals surface area contributed by atoms with Crippen LogP contribution < -0.4 is 15.4 Å². The number of nitrogens with one attached hydrogen (secondary N) is 2. The van der Waals surface area contributed by atoms with Gasteiger partial charge in [0.05, 0.1) is 0 Å². The van der Waals surface area contributed by atoms with Crippen LogP contribution in [0.3, 0.4) is 0 Å². The van der Waals surface area contributed by atoms with Crippen LogP contribution in [0, 0.1) is 0 Å². The lowest BCUT2D eigenvalue weighted by Crippen LogP contribution is -2.51. The van der Waals surface area contributed by atoms with Crippen LogP contribution in [0.15, 0.2) is 30.3 Å². The van der Waals surface area contributed by atoms with Gasteiger partial charge in [0.2, 0.25) is 5.91 Å². The zero-order valence-corrected chi connectivity index (χ0v) is 15.6. The van der Waals surface area contributed by atoms with Crippen LogP contribution in [-0.2, 0) is 9.59 Å². The van der Waals surface area contributed by atoms with Gasteiger partial charge in [-0.25, -0.2) is 0 Å². The quantitative estimate of drug-likeness (QED) is 0.707. The lowest BCUT2D eigenvalue weighted by atomic mass is 9.95.